The molecular weight excluding hydrogens is 466 g/mol. The Hall–Kier alpha value is -4.05. The van der Waals surface area contributed by atoms with Gasteiger partial charge in [-0.15, -0.1) is 10.2 Å². The van der Waals surface area contributed by atoms with Gasteiger partial charge in [0.2, 0.25) is 5.91 Å². The molecule has 0 radical (unpaired) electrons. The predicted octanol–water partition coefficient (Wildman–Crippen LogP) is 3.91. The van der Waals surface area contributed by atoms with Crippen LogP contribution in [0.1, 0.15) is 11.3 Å². The van der Waals surface area contributed by atoms with E-state index in [1.807, 2.05) is 47.0 Å². The van der Waals surface area contributed by atoms with Crippen LogP contribution in [-0.2, 0) is 24.3 Å². The second-order valence-corrected chi connectivity index (χ2v) is 8.46. The lowest BCUT2D eigenvalue weighted by atomic mass is 10.1. The van der Waals surface area contributed by atoms with Crippen molar-refractivity contribution in [2.75, 3.05) is 12.9 Å². The first-order valence-electron chi connectivity index (χ1n) is 11.0. The maximum absolute atomic E-state index is 12.3. The number of thioether (sulfide) groups is 1. The summed E-state index contributed by atoms with van der Waals surface area (Å²) in [5, 5.41) is 14.2. The molecule has 0 aliphatic rings. The van der Waals surface area contributed by atoms with E-state index in [0.29, 0.717) is 23.3 Å². The van der Waals surface area contributed by atoms with Crippen LogP contribution < -0.4 is 15.4 Å². The van der Waals surface area contributed by atoms with Gasteiger partial charge < -0.3 is 19.0 Å². The molecule has 10 heteroatoms. The maximum atomic E-state index is 12.3. The third-order valence-electron chi connectivity index (χ3n) is 5.12. The first-order chi connectivity index (χ1) is 17.1. The highest BCUT2D eigenvalue weighted by Crippen LogP contribution is 2.26. The standard InChI is InChI=1S/C25H25N5O4S/c1-33-20-11-9-19(10-12-20)23-28-29-25(30(23)14-13-18-6-3-2-4-7-18)35-17-22(31)27-24(32)26-16-21-8-5-15-34-21/h2-12,15H,13-14,16-17H2,1H3,(H2,26,27,31,32). The fraction of sp³-hybridized carbons (Fsp3) is 0.200. The highest BCUT2D eigenvalue weighted by molar-refractivity contribution is 7.99. The molecular formula is C25H25N5O4S. The van der Waals surface area contributed by atoms with Crippen LogP contribution in [0.15, 0.2) is 82.6 Å². The number of hydrogen-bond donors (Lipinski definition) is 2. The van der Waals surface area contributed by atoms with Gasteiger partial charge in [0.1, 0.15) is 11.5 Å². The molecule has 2 N–H and O–H groups in total. The van der Waals surface area contributed by atoms with Crippen LogP contribution in [0.2, 0.25) is 0 Å². The number of amides is 3. The zero-order valence-corrected chi connectivity index (χ0v) is 20.0. The average Bonchev–Trinajstić information content (AvgIpc) is 3.55. The van der Waals surface area contributed by atoms with E-state index >= 15 is 0 Å². The largest absolute Gasteiger partial charge is 0.497 e. The number of urea groups is 1. The van der Waals surface area contributed by atoms with Gasteiger partial charge >= 0.3 is 6.03 Å². The van der Waals surface area contributed by atoms with E-state index in [0.717, 1.165) is 17.7 Å². The number of nitrogens with one attached hydrogen (secondary N) is 2. The summed E-state index contributed by atoms with van der Waals surface area (Å²) in [7, 11) is 1.62. The Morgan fingerprint density at radius 1 is 1.03 bits per heavy atom. The molecule has 4 rings (SSSR count). The number of carbonyl (C=O) groups excluding carboxylic acids is 2. The van der Waals surface area contributed by atoms with E-state index in [1.165, 1.54) is 23.6 Å². The summed E-state index contributed by atoms with van der Waals surface area (Å²) >= 11 is 1.23. The van der Waals surface area contributed by atoms with Gasteiger partial charge in [0.25, 0.3) is 0 Å². The Labute approximate surface area is 206 Å². The Balaban J connectivity index is 1.42. The van der Waals surface area contributed by atoms with Crippen molar-refractivity contribution in [2.45, 2.75) is 24.7 Å². The molecule has 9 nitrogen and oxygen atoms in total. The molecule has 2 heterocycles. The van der Waals surface area contributed by atoms with Crippen molar-refractivity contribution in [3.63, 3.8) is 0 Å². The van der Waals surface area contributed by atoms with Crippen molar-refractivity contribution in [1.82, 2.24) is 25.4 Å². The summed E-state index contributed by atoms with van der Waals surface area (Å²) in [6.45, 7) is 0.824. The van der Waals surface area contributed by atoms with E-state index < -0.39 is 11.9 Å². The fourth-order valence-corrected chi connectivity index (χ4v) is 4.12. The number of ether oxygens (including phenoxy) is 1. The van der Waals surface area contributed by atoms with Crippen molar-refractivity contribution in [2.24, 2.45) is 0 Å². The van der Waals surface area contributed by atoms with Gasteiger partial charge in [-0.2, -0.15) is 0 Å². The normalized spacial score (nSPS) is 10.7. The van der Waals surface area contributed by atoms with Crippen LogP contribution in [-0.4, -0.2) is 39.6 Å². The van der Waals surface area contributed by atoms with Crippen molar-refractivity contribution < 1.29 is 18.7 Å². The molecule has 35 heavy (non-hydrogen) atoms. The lowest BCUT2D eigenvalue weighted by molar-refractivity contribution is -0.117. The monoisotopic (exact) mass is 491 g/mol. The molecule has 2 aromatic carbocycles. The summed E-state index contributed by atoms with van der Waals surface area (Å²) < 4.78 is 12.4. The second kappa shape index (κ2) is 11.9. The van der Waals surface area contributed by atoms with Crippen LogP contribution in [0.25, 0.3) is 11.4 Å². The first kappa shape index (κ1) is 24.1. The molecule has 0 saturated carbocycles. The molecule has 0 aliphatic carbocycles. The summed E-state index contributed by atoms with van der Waals surface area (Å²) in [6.07, 6.45) is 2.29. The summed E-state index contributed by atoms with van der Waals surface area (Å²) in [4.78, 5) is 24.3. The van der Waals surface area contributed by atoms with Gasteiger partial charge in [-0.05, 0) is 48.4 Å². The highest BCUT2D eigenvalue weighted by atomic mass is 32.2. The minimum Gasteiger partial charge on any atom is -0.497 e. The molecule has 0 fully saturated rings. The van der Waals surface area contributed by atoms with Crippen molar-refractivity contribution in [3.8, 4) is 17.1 Å². The second-order valence-electron chi connectivity index (χ2n) is 7.52. The number of rotatable bonds is 10. The Kier molecular flexibility index (Phi) is 8.18. The molecule has 0 unspecified atom stereocenters. The molecule has 4 aromatic rings. The lowest BCUT2D eigenvalue weighted by Crippen LogP contribution is -2.39. The van der Waals surface area contributed by atoms with Gasteiger partial charge in [-0.1, -0.05) is 42.1 Å². The van der Waals surface area contributed by atoms with Gasteiger partial charge in [0.05, 0.1) is 25.7 Å². The lowest BCUT2D eigenvalue weighted by Gasteiger charge is -2.11. The Bertz CT molecular complexity index is 1240. The quantitative estimate of drug-likeness (QED) is 0.324. The number of methoxy groups -OCH3 is 1. The molecule has 180 valence electrons. The maximum Gasteiger partial charge on any atom is 0.321 e. The van der Waals surface area contributed by atoms with Crippen molar-refractivity contribution in [3.05, 3.63) is 84.3 Å². The molecule has 2 aromatic heterocycles. The van der Waals surface area contributed by atoms with Crippen LogP contribution >= 0.6 is 11.8 Å². The third-order valence-corrected chi connectivity index (χ3v) is 6.09. The molecule has 0 saturated heterocycles. The van der Waals surface area contributed by atoms with Crippen LogP contribution in [0.4, 0.5) is 4.79 Å². The number of benzene rings is 2. The molecule has 0 aliphatic heterocycles. The fourth-order valence-electron chi connectivity index (χ4n) is 3.35. The Morgan fingerprint density at radius 2 is 1.83 bits per heavy atom. The molecule has 3 amide bonds. The Morgan fingerprint density at radius 3 is 2.54 bits per heavy atom. The number of carbonyl (C=O) groups is 2. The summed E-state index contributed by atoms with van der Waals surface area (Å²) in [6, 6.07) is 20.6. The van der Waals surface area contributed by atoms with E-state index in [4.69, 9.17) is 9.15 Å². The number of aromatic nitrogens is 3. The zero-order chi connectivity index (χ0) is 24.5. The zero-order valence-electron chi connectivity index (χ0n) is 19.1. The molecule has 0 spiro atoms. The van der Waals surface area contributed by atoms with Gasteiger partial charge in [0.15, 0.2) is 11.0 Å². The SMILES string of the molecule is COc1ccc(-c2nnc(SCC(=O)NC(=O)NCc3ccco3)n2CCc2ccccc2)cc1. The number of nitrogens with zero attached hydrogens (tertiary/aromatic N) is 3. The van der Waals surface area contributed by atoms with Gasteiger partial charge in [0, 0.05) is 12.1 Å². The van der Waals surface area contributed by atoms with Crippen LogP contribution in [0, 0.1) is 0 Å². The first-order valence-corrected chi connectivity index (χ1v) is 12.0. The predicted molar refractivity (Wildman–Crippen MR) is 132 cm³/mol. The average molecular weight is 492 g/mol. The number of imide groups is 1. The van der Waals surface area contributed by atoms with Crippen LogP contribution in [0.5, 0.6) is 5.75 Å². The van der Waals surface area contributed by atoms with E-state index in [2.05, 4.69) is 33.0 Å². The van der Waals surface area contributed by atoms with Gasteiger partial charge in [-0.3, -0.25) is 10.1 Å². The molecule has 0 bridgehead atoms. The van der Waals surface area contributed by atoms with Gasteiger partial charge in [-0.25, -0.2) is 4.79 Å². The minimum atomic E-state index is -0.587. The van der Waals surface area contributed by atoms with Crippen molar-refractivity contribution in [1.29, 1.82) is 0 Å². The molecule has 0 atom stereocenters. The van der Waals surface area contributed by atoms with E-state index in [9.17, 15) is 9.59 Å². The topological polar surface area (TPSA) is 111 Å². The van der Waals surface area contributed by atoms with E-state index in [-0.39, 0.29) is 12.3 Å². The van der Waals surface area contributed by atoms with E-state index in [1.54, 1.807) is 19.2 Å². The van der Waals surface area contributed by atoms with Crippen LogP contribution in [0.3, 0.4) is 0 Å². The third kappa shape index (κ3) is 6.73. The number of furan rings is 1. The number of hydrogen-bond acceptors (Lipinski definition) is 7. The van der Waals surface area contributed by atoms with Crippen molar-refractivity contribution >= 4 is 23.7 Å². The minimum absolute atomic E-state index is 0.0141. The number of aryl methyl sites for hydroxylation is 1. The highest BCUT2D eigenvalue weighted by Gasteiger charge is 2.17. The smallest absolute Gasteiger partial charge is 0.321 e. The summed E-state index contributed by atoms with van der Waals surface area (Å²) in [5.41, 5.74) is 2.07. The summed E-state index contributed by atoms with van der Waals surface area (Å²) in [5.74, 6) is 1.62.